The summed E-state index contributed by atoms with van der Waals surface area (Å²) < 4.78 is 11.0. The summed E-state index contributed by atoms with van der Waals surface area (Å²) in [6.45, 7) is 2.88. The van der Waals surface area contributed by atoms with Gasteiger partial charge in [-0.1, -0.05) is 12.1 Å². The molecule has 0 fully saturated rings. The highest BCUT2D eigenvalue weighted by atomic mass is 32.1. The summed E-state index contributed by atoms with van der Waals surface area (Å²) in [7, 11) is 0. The zero-order chi connectivity index (χ0) is 19.8. The molecule has 1 heterocycles. The van der Waals surface area contributed by atoms with E-state index in [1.807, 2.05) is 24.4 Å². The third kappa shape index (κ3) is 5.34. The number of carbonyl (C=O) groups excluding carboxylic acids is 2. The molecule has 3 aromatic rings. The van der Waals surface area contributed by atoms with Crippen LogP contribution in [0.4, 0.5) is 0 Å². The third-order valence-electron chi connectivity index (χ3n) is 3.77. The van der Waals surface area contributed by atoms with Crippen LogP contribution in [-0.2, 0) is 6.61 Å². The largest absolute Gasteiger partial charge is 0.494 e. The number of carbonyl (C=O) groups is 2. The van der Waals surface area contributed by atoms with Crippen LogP contribution < -0.4 is 20.3 Å². The smallest absolute Gasteiger partial charge is 0.269 e. The van der Waals surface area contributed by atoms with Gasteiger partial charge in [-0.25, -0.2) is 0 Å². The minimum absolute atomic E-state index is 0.385. The van der Waals surface area contributed by atoms with Crippen LogP contribution in [0.15, 0.2) is 66.0 Å². The van der Waals surface area contributed by atoms with Crippen molar-refractivity contribution >= 4 is 23.2 Å². The molecule has 0 saturated heterocycles. The monoisotopic (exact) mass is 396 g/mol. The standard InChI is InChI=1S/C21H20N2O4S/c1-2-26-17-10-8-15(9-11-17)20(24)22-23-21(25)16-5-3-6-18(13-16)27-14-19-7-4-12-28-19/h3-13H,2,14H2,1H3,(H,22,24)(H,23,25). The van der Waals surface area contributed by atoms with Gasteiger partial charge in [0, 0.05) is 16.0 Å². The molecular weight excluding hydrogens is 376 g/mol. The molecule has 28 heavy (non-hydrogen) atoms. The van der Waals surface area contributed by atoms with Gasteiger partial charge in [-0.15, -0.1) is 11.3 Å². The van der Waals surface area contributed by atoms with E-state index in [1.165, 1.54) is 0 Å². The second-order valence-corrected chi connectivity index (χ2v) is 6.79. The van der Waals surface area contributed by atoms with Gasteiger partial charge in [0.2, 0.25) is 0 Å². The summed E-state index contributed by atoms with van der Waals surface area (Å²) in [5.74, 6) is 0.420. The number of nitrogens with one attached hydrogen (secondary N) is 2. The van der Waals surface area contributed by atoms with E-state index in [2.05, 4.69) is 10.9 Å². The minimum atomic E-state index is -0.430. The van der Waals surface area contributed by atoms with Gasteiger partial charge in [0.05, 0.1) is 6.61 Å². The molecule has 144 valence electrons. The van der Waals surface area contributed by atoms with Crippen molar-refractivity contribution in [2.45, 2.75) is 13.5 Å². The zero-order valence-corrected chi connectivity index (χ0v) is 16.1. The Bertz CT molecular complexity index is 924. The van der Waals surface area contributed by atoms with Crippen molar-refractivity contribution in [2.75, 3.05) is 6.61 Å². The quantitative estimate of drug-likeness (QED) is 0.596. The number of hydrogen-bond donors (Lipinski definition) is 2. The topological polar surface area (TPSA) is 76.7 Å². The Morgan fingerprint density at radius 2 is 1.61 bits per heavy atom. The number of hydrogen-bond acceptors (Lipinski definition) is 5. The second kappa shape index (κ2) is 9.57. The van der Waals surface area contributed by atoms with Gasteiger partial charge in [0.1, 0.15) is 18.1 Å². The molecule has 0 aliphatic rings. The lowest BCUT2D eigenvalue weighted by Crippen LogP contribution is -2.41. The van der Waals surface area contributed by atoms with Gasteiger partial charge in [-0.3, -0.25) is 20.4 Å². The molecule has 6 nitrogen and oxygen atoms in total. The molecule has 0 atom stereocenters. The van der Waals surface area contributed by atoms with E-state index in [0.29, 0.717) is 35.8 Å². The van der Waals surface area contributed by atoms with Crippen LogP contribution in [0.1, 0.15) is 32.5 Å². The van der Waals surface area contributed by atoms with E-state index in [4.69, 9.17) is 9.47 Å². The maximum absolute atomic E-state index is 12.3. The van der Waals surface area contributed by atoms with E-state index in [1.54, 1.807) is 59.9 Å². The molecule has 0 aliphatic carbocycles. The first kappa shape index (κ1) is 19.4. The molecular formula is C21H20N2O4S. The van der Waals surface area contributed by atoms with E-state index in [0.717, 1.165) is 4.88 Å². The highest BCUT2D eigenvalue weighted by Crippen LogP contribution is 2.17. The summed E-state index contributed by atoms with van der Waals surface area (Å²) in [5, 5.41) is 1.98. The fraction of sp³-hybridized carbons (Fsp3) is 0.143. The van der Waals surface area contributed by atoms with Crippen LogP contribution in [0, 0.1) is 0 Å². The predicted molar refractivity (Wildman–Crippen MR) is 108 cm³/mol. The highest BCUT2D eigenvalue weighted by molar-refractivity contribution is 7.09. The van der Waals surface area contributed by atoms with Crippen molar-refractivity contribution in [3.05, 3.63) is 82.0 Å². The number of amides is 2. The summed E-state index contributed by atoms with van der Waals surface area (Å²) in [4.78, 5) is 25.6. The molecule has 2 aromatic carbocycles. The maximum Gasteiger partial charge on any atom is 0.269 e. The Kier molecular flexibility index (Phi) is 6.64. The third-order valence-corrected chi connectivity index (χ3v) is 4.62. The van der Waals surface area contributed by atoms with Crippen LogP contribution in [0.5, 0.6) is 11.5 Å². The molecule has 0 bridgehead atoms. The SMILES string of the molecule is CCOc1ccc(C(=O)NNC(=O)c2cccc(OCc3cccs3)c2)cc1. The van der Waals surface area contributed by atoms with Gasteiger partial charge in [0.15, 0.2) is 0 Å². The van der Waals surface area contributed by atoms with E-state index >= 15 is 0 Å². The molecule has 0 unspecified atom stereocenters. The molecule has 2 N–H and O–H groups in total. The molecule has 0 aliphatic heterocycles. The Morgan fingerprint density at radius 1 is 0.857 bits per heavy atom. The van der Waals surface area contributed by atoms with Gasteiger partial charge in [0.25, 0.3) is 11.8 Å². The number of rotatable bonds is 7. The average Bonchev–Trinajstić information content (AvgIpc) is 3.25. The van der Waals surface area contributed by atoms with Crippen LogP contribution in [0.25, 0.3) is 0 Å². The first-order valence-corrected chi connectivity index (χ1v) is 9.62. The van der Waals surface area contributed by atoms with Crippen molar-refractivity contribution in [3.8, 4) is 11.5 Å². The van der Waals surface area contributed by atoms with E-state index in [-0.39, 0.29) is 0 Å². The van der Waals surface area contributed by atoms with E-state index < -0.39 is 11.8 Å². The second-order valence-electron chi connectivity index (χ2n) is 5.76. The molecule has 1 aromatic heterocycles. The van der Waals surface area contributed by atoms with Crippen molar-refractivity contribution in [1.29, 1.82) is 0 Å². The number of benzene rings is 2. The van der Waals surface area contributed by atoms with Crippen molar-refractivity contribution in [2.24, 2.45) is 0 Å². The fourth-order valence-electron chi connectivity index (χ4n) is 2.40. The fourth-order valence-corrected chi connectivity index (χ4v) is 3.02. The normalized spacial score (nSPS) is 10.2. The minimum Gasteiger partial charge on any atom is -0.494 e. The van der Waals surface area contributed by atoms with Crippen LogP contribution >= 0.6 is 11.3 Å². The Labute approximate surface area is 167 Å². The Hall–Kier alpha value is -3.32. The van der Waals surface area contributed by atoms with Crippen LogP contribution in [-0.4, -0.2) is 18.4 Å². The van der Waals surface area contributed by atoms with Crippen LogP contribution in [0.3, 0.4) is 0 Å². The molecule has 0 saturated carbocycles. The molecule has 3 rings (SSSR count). The van der Waals surface area contributed by atoms with E-state index in [9.17, 15) is 9.59 Å². The summed E-state index contributed by atoms with van der Waals surface area (Å²) in [6, 6.07) is 17.4. The Morgan fingerprint density at radius 3 is 2.29 bits per heavy atom. The predicted octanol–water partition coefficient (Wildman–Crippen LogP) is 3.80. The molecule has 0 radical (unpaired) electrons. The summed E-state index contributed by atoms with van der Waals surface area (Å²) in [6.07, 6.45) is 0. The molecule has 0 spiro atoms. The van der Waals surface area contributed by atoms with Crippen molar-refractivity contribution in [1.82, 2.24) is 10.9 Å². The Balaban J connectivity index is 1.54. The summed E-state index contributed by atoms with van der Waals surface area (Å²) >= 11 is 1.61. The maximum atomic E-state index is 12.3. The molecule has 7 heteroatoms. The van der Waals surface area contributed by atoms with Gasteiger partial charge in [-0.2, -0.15) is 0 Å². The lowest BCUT2D eigenvalue weighted by molar-refractivity contribution is 0.0846. The highest BCUT2D eigenvalue weighted by Gasteiger charge is 2.10. The van der Waals surface area contributed by atoms with Gasteiger partial charge < -0.3 is 9.47 Å². The van der Waals surface area contributed by atoms with Crippen molar-refractivity contribution < 1.29 is 19.1 Å². The van der Waals surface area contributed by atoms with Crippen molar-refractivity contribution in [3.63, 3.8) is 0 Å². The first-order valence-electron chi connectivity index (χ1n) is 8.74. The zero-order valence-electron chi connectivity index (χ0n) is 15.3. The lowest BCUT2D eigenvalue weighted by atomic mass is 10.2. The lowest BCUT2D eigenvalue weighted by Gasteiger charge is -2.10. The van der Waals surface area contributed by atoms with Gasteiger partial charge in [-0.05, 0) is 60.8 Å². The number of ether oxygens (including phenoxy) is 2. The van der Waals surface area contributed by atoms with Crippen LogP contribution in [0.2, 0.25) is 0 Å². The summed E-state index contributed by atoms with van der Waals surface area (Å²) in [5.41, 5.74) is 5.61. The van der Waals surface area contributed by atoms with Gasteiger partial charge >= 0.3 is 0 Å². The molecule has 2 amide bonds. The average molecular weight is 396 g/mol. The first-order chi connectivity index (χ1) is 13.7. The number of thiophene rings is 1. The number of hydrazine groups is 1.